The number of rotatable bonds is 8. The summed E-state index contributed by atoms with van der Waals surface area (Å²) in [6.45, 7) is 6.35. The maximum Gasteiger partial charge on any atom is 0.230 e. The van der Waals surface area contributed by atoms with Crippen LogP contribution in [0, 0.1) is 12.8 Å². The minimum absolute atomic E-state index is 0.00222. The van der Waals surface area contributed by atoms with Gasteiger partial charge in [-0.25, -0.2) is 0 Å². The van der Waals surface area contributed by atoms with E-state index in [-0.39, 0.29) is 17.7 Å². The summed E-state index contributed by atoms with van der Waals surface area (Å²) in [7, 11) is 0. The molecule has 2 aromatic carbocycles. The fraction of sp³-hybridized carbons (Fsp3) is 0.333. The number of thioether (sulfide) groups is 1. The van der Waals surface area contributed by atoms with E-state index in [1.165, 1.54) is 17.3 Å². The zero-order valence-electron chi connectivity index (χ0n) is 16.4. The van der Waals surface area contributed by atoms with Crippen molar-refractivity contribution in [3.63, 3.8) is 0 Å². The highest BCUT2D eigenvalue weighted by Crippen LogP contribution is 2.22. The summed E-state index contributed by atoms with van der Waals surface area (Å²) in [5.41, 5.74) is 3.17. The van der Waals surface area contributed by atoms with E-state index in [1.807, 2.05) is 49.4 Å². The standard InChI is InChI=1S/C21H25N5OS/c1-15(2)13-19(17-7-5-4-6-8-17)22-20(27)14-28-21-23-24-25-26(21)18-11-9-16(3)10-12-18/h4-12,15,19H,13-14H2,1-3H3,(H,22,27). The van der Waals surface area contributed by atoms with Crippen LogP contribution < -0.4 is 5.32 Å². The summed E-state index contributed by atoms with van der Waals surface area (Å²) in [5, 5.41) is 15.6. The number of nitrogens with one attached hydrogen (secondary N) is 1. The second-order valence-corrected chi connectivity index (χ2v) is 8.10. The second-order valence-electron chi connectivity index (χ2n) is 7.16. The lowest BCUT2D eigenvalue weighted by molar-refractivity contribution is -0.119. The largest absolute Gasteiger partial charge is 0.349 e. The monoisotopic (exact) mass is 395 g/mol. The molecule has 0 aliphatic heterocycles. The molecule has 0 aliphatic rings. The third-order valence-electron chi connectivity index (χ3n) is 4.30. The van der Waals surface area contributed by atoms with Gasteiger partial charge in [-0.1, -0.05) is 73.6 Å². The number of amides is 1. The van der Waals surface area contributed by atoms with Crippen LogP contribution in [-0.4, -0.2) is 31.9 Å². The molecule has 1 atom stereocenters. The molecular formula is C21H25N5OS. The van der Waals surface area contributed by atoms with Crippen LogP contribution in [0.3, 0.4) is 0 Å². The predicted octanol–water partition coefficient (Wildman–Crippen LogP) is 3.97. The smallest absolute Gasteiger partial charge is 0.230 e. The Morgan fingerprint density at radius 1 is 1.11 bits per heavy atom. The molecule has 146 valence electrons. The quantitative estimate of drug-likeness (QED) is 0.584. The van der Waals surface area contributed by atoms with Gasteiger partial charge in [0.1, 0.15) is 0 Å². The molecule has 0 fully saturated rings. The minimum atomic E-state index is -0.0297. The van der Waals surface area contributed by atoms with Crippen LogP contribution in [0.25, 0.3) is 5.69 Å². The minimum Gasteiger partial charge on any atom is -0.349 e. The lowest BCUT2D eigenvalue weighted by Crippen LogP contribution is -2.31. The summed E-state index contributed by atoms with van der Waals surface area (Å²) in [4.78, 5) is 12.6. The normalized spacial score (nSPS) is 12.1. The highest BCUT2D eigenvalue weighted by Gasteiger charge is 2.17. The van der Waals surface area contributed by atoms with E-state index in [2.05, 4.69) is 46.8 Å². The molecular weight excluding hydrogens is 370 g/mol. The van der Waals surface area contributed by atoms with Crippen molar-refractivity contribution in [3.05, 3.63) is 65.7 Å². The summed E-state index contributed by atoms with van der Waals surface area (Å²) < 4.78 is 1.65. The van der Waals surface area contributed by atoms with E-state index in [1.54, 1.807) is 4.68 Å². The zero-order chi connectivity index (χ0) is 19.9. The SMILES string of the molecule is Cc1ccc(-n2nnnc2SCC(=O)NC(CC(C)C)c2ccccc2)cc1. The third kappa shape index (κ3) is 5.42. The lowest BCUT2D eigenvalue weighted by Gasteiger charge is -2.21. The number of carbonyl (C=O) groups is 1. The van der Waals surface area contributed by atoms with E-state index in [4.69, 9.17) is 0 Å². The molecule has 0 saturated carbocycles. The van der Waals surface area contributed by atoms with Crippen molar-refractivity contribution in [3.8, 4) is 5.69 Å². The Morgan fingerprint density at radius 3 is 2.50 bits per heavy atom. The Morgan fingerprint density at radius 2 is 1.82 bits per heavy atom. The van der Waals surface area contributed by atoms with Gasteiger partial charge < -0.3 is 5.32 Å². The van der Waals surface area contributed by atoms with Gasteiger partial charge in [-0.15, -0.1) is 5.10 Å². The molecule has 28 heavy (non-hydrogen) atoms. The molecule has 1 N–H and O–H groups in total. The highest BCUT2D eigenvalue weighted by molar-refractivity contribution is 7.99. The van der Waals surface area contributed by atoms with Crippen molar-refractivity contribution in [2.75, 3.05) is 5.75 Å². The van der Waals surface area contributed by atoms with Crippen molar-refractivity contribution in [1.29, 1.82) is 0 Å². The average molecular weight is 396 g/mol. The van der Waals surface area contributed by atoms with Gasteiger partial charge in [0, 0.05) is 0 Å². The number of carbonyl (C=O) groups excluding carboxylic acids is 1. The molecule has 7 heteroatoms. The van der Waals surface area contributed by atoms with E-state index < -0.39 is 0 Å². The second kappa shape index (κ2) is 9.50. The Bertz CT molecular complexity index is 893. The highest BCUT2D eigenvalue weighted by atomic mass is 32.2. The maximum atomic E-state index is 12.6. The molecule has 1 amide bonds. The number of benzene rings is 2. The molecule has 1 heterocycles. The molecule has 1 aromatic heterocycles. The third-order valence-corrected chi connectivity index (χ3v) is 5.22. The number of aryl methyl sites for hydroxylation is 1. The van der Waals surface area contributed by atoms with Crippen LogP contribution in [0.15, 0.2) is 59.8 Å². The number of tetrazole rings is 1. The first-order valence-electron chi connectivity index (χ1n) is 9.35. The number of hydrogen-bond donors (Lipinski definition) is 1. The molecule has 0 radical (unpaired) electrons. The van der Waals surface area contributed by atoms with E-state index in [0.29, 0.717) is 11.1 Å². The molecule has 3 rings (SSSR count). The molecule has 6 nitrogen and oxygen atoms in total. The average Bonchev–Trinajstić information content (AvgIpc) is 3.15. The van der Waals surface area contributed by atoms with Crippen LogP contribution in [-0.2, 0) is 4.79 Å². The van der Waals surface area contributed by atoms with Crippen molar-refractivity contribution in [2.24, 2.45) is 5.92 Å². The molecule has 0 aliphatic carbocycles. The maximum absolute atomic E-state index is 12.6. The molecule has 3 aromatic rings. The summed E-state index contributed by atoms with van der Waals surface area (Å²) >= 11 is 1.33. The first kappa shape index (κ1) is 20.1. The lowest BCUT2D eigenvalue weighted by atomic mass is 9.97. The van der Waals surface area contributed by atoms with Gasteiger partial charge >= 0.3 is 0 Å². The fourth-order valence-corrected chi connectivity index (χ4v) is 3.62. The Kier molecular flexibility index (Phi) is 6.81. The number of hydrogen-bond acceptors (Lipinski definition) is 5. The number of nitrogens with zero attached hydrogens (tertiary/aromatic N) is 4. The Balaban J connectivity index is 1.64. The van der Waals surface area contributed by atoms with Gasteiger partial charge in [-0.05, 0) is 47.4 Å². The number of aromatic nitrogens is 4. The van der Waals surface area contributed by atoms with Crippen LogP contribution in [0.5, 0.6) is 0 Å². The van der Waals surface area contributed by atoms with Crippen molar-refractivity contribution in [1.82, 2.24) is 25.5 Å². The van der Waals surface area contributed by atoms with Crippen molar-refractivity contribution >= 4 is 17.7 Å². The van der Waals surface area contributed by atoms with E-state index in [9.17, 15) is 4.79 Å². The predicted molar refractivity (Wildman–Crippen MR) is 111 cm³/mol. The van der Waals surface area contributed by atoms with Gasteiger partial charge in [0.05, 0.1) is 17.5 Å². The molecule has 0 bridgehead atoms. The first-order valence-corrected chi connectivity index (χ1v) is 10.3. The first-order chi connectivity index (χ1) is 13.5. The van der Waals surface area contributed by atoms with Crippen molar-refractivity contribution in [2.45, 2.75) is 38.4 Å². The van der Waals surface area contributed by atoms with Crippen molar-refractivity contribution < 1.29 is 4.79 Å². The topological polar surface area (TPSA) is 72.7 Å². The molecule has 0 spiro atoms. The van der Waals surface area contributed by atoms with Crippen LogP contribution in [0.1, 0.15) is 37.4 Å². The van der Waals surface area contributed by atoms with Gasteiger partial charge in [-0.2, -0.15) is 4.68 Å². The Labute approximate surface area is 169 Å². The van der Waals surface area contributed by atoms with E-state index >= 15 is 0 Å². The van der Waals surface area contributed by atoms with Gasteiger partial charge in [0.2, 0.25) is 11.1 Å². The van der Waals surface area contributed by atoms with Crippen LogP contribution in [0.2, 0.25) is 0 Å². The van der Waals surface area contributed by atoms with Crippen LogP contribution in [0.4, 0.5) is 0 Å². The Hall–Kier alpha value is -2.67. The fourth-order valence-electron chi connectivity index (χ4n) is 2.92. The summed E-state index contributed by atoms with van der Waals surface area (Å²) in [5.74, 6) is 0.707. The van der Waals surface area contributed by atoms with Gasteiger partial charge in [0.15, 0.2) is 0 Å². The summed E-state index contributed by atoms with van der Waals surface area (Å²) in [6, 6.07) is 18.0. The molecule has 0 saturated heterocycles. The molecule has 1 unspecified atom stereocenters. The van der Waals surface area contributed by atoms with Gasteiger partial charge in [-0.3, -0.25) is 4.79 Å². The zero-order valence-corrected chi connectivity index (χ0v) is 17.2. The van der Waals surface area contributed by atoms with Crippen LogP contribution >= 0.6 is 11.8 Å². The summed E-state index contributed by atoms with van der Waals surface area (Å²) in [6.07, 6.45) is 0.890. The van der Waals surface area contributed by atoms with Gasteiger partial charge in [0.25, 0.3) is 0 Å². The van der Waals surface area contributed by atoms with E-state index in [0.717, 1.165) is 17.7 Å².